The summed E-state index contributed by atoms with van der Waals surface area (Å²) in [4.78, 5) is 13.3. The lowest BCUT2D eigenvalue weighted by Crippen LogP contribution is -2.31. The second kappa shape index (κ2) is 4.78. The fourth-order valence-electron chi connectivity index (χ4n) is 2.19. The molecule has 1 saturated carbocycles. The normalized spacial score (nSPS) is 16.1. The van der Waals surface area contributed by atoms with E-state index in [0.717, 1.165) is 12.8 Å². The van der Waals surface area contributed by atoms with Crippen LogP contribution in [-0.4, -0.2) is 12.5 Å². The van der Waals surface area contributed by atoms with E-state index in [4.69, 9.17) is 0 Å². The Kier molecular flexibility index (Phi) is 3.11. The number of hydrogen-bond donors (Lipinski definition) is 1. The first kappa shape index (κ1) is 12.4. The van der Waals surface area contributed by atoms with Crippen LogP contribution in [0.5, 0.6) is 0 Å². The van der Waals surface area contributed by atoms with Crippen LogP contribution in [0.4, 0.5) is 4.39 Å². The predicted octanol–water partition coefficient (Wildman–Crippen LogP) is 3.35. The molecule has 0 spiro atoms. The van der Waals surface area contributed by atoms with Gasteiger partial charge in [-0.05, 0) is 48.6 Å². The van der Waals surface area contributed by atoms with Crippen molar-refractivity contribution >= 4 is 17.2 Å². The molecule has 1 fully saturated rings. The molecule has 1 heterocycles. The van der Waals surface area contributed by atoms with E-state index in [1.807, 2.05) is 6.07 Å². The minimum atomic E-state index is -0.325. The van der Waals surface area contributed by atoms with E-state index in [9.17, 15) is 9.18 Å². The van der Waals surface area contributed by atoms with Crippen LogP contribution >= 0.6 is 11.3 Å². The Morgan fingerprint density at radius 3 is 2.58 bits per heavy atom. The third-order valence-electron chi connectivity index (χ3n) is 3.59. The van der Waals surface area contributed by atoms with Gasteiger partial charge < -0.3 is 5.32 Å². The Balaban J connectivity index is 1.64. The number of hydrogen-bond acceptors (Lipinski definition) is 2. The Labute approximate surface area is 115 Å². The van der Waals surface area contributed by atoms with Crippen LogP contribution in [0.15, 0.2) is 41.8 Å². The maximum Gasteiger partial charge on any atom is 0.251 e. The molecule has 1 aromatic heterocycles. The zero-order valence-corrected chi connectivity index (χ0v) is 11.2. The molecule has 0 aliphatic heterocycles. The summed E-state index contributed by atoms with van der Waals surface area (Å²) in [5, 5.41) is 5.02. The number of nitrogens with one attached hydrogen (secondary N) is 1. The third-order valence-corrected chi connectivity index (χ3v) is 4.71. The highest BCUT2D eigenvalue weighted by molar-refractivity contribution is 7.10. The molecule has 98 valence electrons. The average Bonchev–Trinajstić information content (AvgIpc) is 3.00. The van der Waals surface area contributed by atoms with Crippen molar-refractivity contribution in [2.24, 2.45) is 0 Å². The molecule has 4 heteroatoms. The molecule has 0 atom stereocenters. The summed E-state index contributed by atoms with van der Waals surface area (Å²) in [6, 6.07) is 9.80. The van der Waals surface area contributed by atoms with Crippen molar-refractivity contribution in [2.45, 2.75) is 18.3 Å². The summed E-state index contributed by atoms with van der Waals surface area (Å²) in [5.41, 5.74) is 0.646. The Hall–Kier alpha value is -1.68. The Morgan fingerprint density at radius 2 is 2.00 bits per heavy atom. The lowest BCUT2D eigenvalue weighted by Gasteiger charge is -2.14. The smallest absolute Gasteiger partial charge is 0.251 e. The predicted molar refractivity (Wildman–Crippen MR) is 74.0 cm³/mol. The van der Waals surface area contributed by atoms with Crippen LogP contribution in [0, 0.1) is 5.82 Å². The van der Waals surface area contributed by atoms with Crippen molar-refractivity contribution in [3.8, 4) is 0 Å². The molecule has 1 amide bonds. The van der Waals surface area contributed by atoms with Gasteiger partial charge in [0, 0.05) is 22.4 Å². The zero-order valence-electron chi connectivity index (χ0n) is 10.4. The van der Waals surface area contributed by atoms with Gasteiger partial charge in [0.25, 0.3) is 5.91 Å². The number of rotatable bonds is 4. The van der Waals surface area contributed by atoms with E-state index >= 15 is 0 Å². The van der Waals surface area contributed by atoms with Crippen LogP contribution in [-0.2, 0) is 5.41 Å². The molecule has 2 aromatic rings. The van der Waals surface area contributed by atoms with E-state index in [0.29, 0.717) is 12.1 Å². The van der Waals surface area contributed by atoms with Crippen molar-refractivity contribution in [3.63, 3.8) is 0 Å². The van der Waals surface area contributed by atoms with Crippen molar-refractivity contribution in [2.75, 3.05) is 6.54 Å². The molecule has 0 saturated heterocycles. The highest BCUT2D eigenvalue weighted by Gasteiger charge is 2.45. The number of benzene rings is 1. The van der Waals surface area contributed by atoms with Gasteiger partial charge in [0.05, 0.1) is 0 Å². The minimum absolute atomic E-state index is 0.136. The maximum atomic E-state index is 12.8. The van der Waals surface area contributed by atoms with Crippen LogP contribution < -0.4 is 5.32 Å². The number of halogens is 1. The second-order valence-electron chi connectivity index (χ2n) is 4.95. The van der Waals surface area contributed by atoms with Gasteiger partial charge in [0.15, 0.2) is 0 Å². The number of thiophene rings is 1. The quantitative estimate of drug-likeness (QED) is 0.911. The van der Waals surface area contributed by atoms with Crippen molar-refractivity contribution in [3.05, 3.63) is 58.0 Å². The second-order valence-corrected chi connectivity index (χ2v) is 5.89. The molecule has 0 unspecified atom stereocenters. The molecule has 0 bridgehead atoms. The first-order chi connectivity index (χ1) is 9.20. The summed E-state index contributed by atoms with van der Waals surface area (Å²) in [7, 11) is 0. The van der Waals surface area contributed by atoms with Gasteiger partial charge in [-0.2, -0.15) is 0 Å². The molecular weight excluding hydrogens is 261 g/mol. The molecule has 1 aliphatic rings. The van der Waals surface area contributed by atoms with Gasteiger partial charge in [0.1, 0.15) is 5.82 Å². The van der Waals surface area contributed by atoms with Crippen LogP contribution in [0.3, 0.4) is 0 Å². The molecule has 1 aliphatic carbocycles. The minimum Gasteiger partial charge on any atom is -0.351 e. The van der Waals surface area contributed by atoms with Gasteiger partial charge in [-0.1, -0.05) is 6.07 Å². The molecule has 1 N–H and O–H groups in total. The van der Waals surface area contributed by atoms with Crippen molar-refractivity contribution < 1.29 is 9.18 Å². The first-order valence-electron chi connectivity index (χ1n) is 6.27. The SMILES string of the molecule is O=C(NCC1(c2cccs2)CC1)c1ccc(F)cc1. The van der Waals surface area contributed by atoms with Gasteiger partial charge in [-0.3, -0.25) is 4.79 Å². The summed E-state index contributed by atoms with van der Waals surface area (Å²) >= 11 is 1.74. The number of carbonyl (C=O) groups is 1. The van der Waals surface area contributed by atoms with Crippen LogP contribution in [0.1, 0.15) is 28.1 Å². The Bertz CT molecular complexity index is 573. The highest BCUT2D eigenvalue weighted by Crippen LogP contribution is 2.49. The standard InChI is InChI=1S/C15H14FNOS/c16-12-5-3-11(4-6-12)14(18)17-10-15(7-8-15)13-2-1-9-19-13/h1-6,9H,7-8,10H2,(H,17,18). The molecule has 3 rings (SSSR count). The monoisotopic (exact) mass is 275 g/mol. The third kappa shape index (κ3) is 2.54. The van der Waals surface area contributed by atoms with E-state index in [2.05, 4.69) is 16.8 Å². The van der Waals surface area contributed by atoms with E-state index in [1.54, 1.807) is 11.3 Å². The van der Waals surface area contributed by atoms with Crippen LogP contribution in [0.25, 0.3) is 0 Å². The van der Waals surface area contributed by atoms with Crippen molar-refractivity contribution in [1.29, 1.82) is 0 Å². The molecule has 2 nitrogen and oxygen atoms in total. The summed E-state index contributed by atoms with van der Waals surface area (Å²) in [6.07, 6.45) is 2.24. The van der Waals surface area contributed by atoms with Gasteiger partial charge in [0.2, 0.25) is 0 Å². The fourth-order valence-corrected chi connectivity index (χ4v) is 3.18. The molecule has 1 aromatic carbocycles. The Morgan fingerprint density at radius 1 is 1.26 bits per heavy atom. The van der Waals surface area contributed by atoms with Crippen molar-refractivity contribution in [1.82, 2.24) is 5.32 Å². The summed E-state index contributed by atoms with van der Waals surface area (Å²) in [6.45, 7) is 0.656. The van der Waals surface area contributed by atoms with Gasteiger partial charge >= 0.3 is 0 Å². The number of carbonyl (C=O) groups excluding carboxylic acids is 1. The topological polar surface area (TPSA) is 29.1 Å². The molecule has 19 heavy (non-hydrogen) atoms. The van der Waals surface area contributed by atoms with E-state index < -0.39 is 0 Å². The van der Waals surface area contributed by atoms with Gasteiger partial charge in [-0.15, -0.1) is 11.3 Å². The lowest BCUT2D eigenvalue weighted by atomic mass is 10.1. The molecular formula is C15H14FNOS. The van der Waals surface area contributed by atoms with E-state index in [-0.39, 0.29) is 17.1 Å². The first-order valence-corrected chi connectivity index (χ1v) is 7.15. The fraction of sp³-hybridized carbons (Fsp3) is 0.267. The largest absolute Gasteiger partial charge is 0.351 e. The number of amides is 1. The van der Waals surface area contributed by atoms with Crippen LogP contribution in [0.2, 0.25) is 0 Å². The molecule has 0 radical (unpaired) electrons. The van der Waals surface area contributed by atoms with E-state index in [1.165, 1.54) is 29.1 Å². The lowest BCUT2D eigenvalue weighted by molar-refractivity contribution is 0.0950. The summed E-state index contributed by atoms with van der Waals surface area (Å²) < 4.78 is 12.8. The zero-order chi connectivity index (χ0) is 13.3. The summed E-state index contributed by atoms with van der Waals surface area (Å²) in [5.74, 6) is -0.461. The average molecular weight is 275 g/mol. The highest BCUT2D eigenvalue weighted by atomic mass is 32.1. The van der Waals surface area contributed by atoms with Gasteiger partial charge in [-0.25, -0.2) is 4.39 Å². The maximum absolute atomic E-state index is 12.8.